The van der Waals surface area contributed by atoms with Crippen molar-refractivity contribution in [3.05, 3.63) is 78.5 Å². The summed E-state index contributed by atoms with van der Waals surface area (Å²) in [6.45, 7) is 12.1. The van der Waals surface area contributed by atoms with Crippen molar-refractivity contribution in [1.82, 2.24) is 9.88 Å². The molecule has 1 aliphatic rings. The molecule has 0 spiro atoms. The zero-order chi connectivity index (χ0) is 31.2. The number of ether oxygens (including phenoxy) is 1. The maximum atomic E-state index is 14.1. The number of benzene rings is 2. The molecular weight excluding hydrogens is 651 g/mol. The average Bonchev–Trinajstić information content (AvgIpc) is 3.09. The Morgan fingerprint density at radius 3 is 2.00 bits per heavy atom. The third-order valence-electron chi connectivity index (χ3n) is 9.38. The topological polar surface area (TPSA) is 48.9 Å². The van der Waals surface area contributed by atoms with Gasteiger partial charge in [0.1, 0.15) is 5.75 Å². The van der Waals surface area contributed by atoms with Gasteiger partial charge in [0.2, 0.25) is 0 Å². The quantitative estimate of drug-likeness (QED) is 0.135. The summed E-state index contributed by atoms with van der Waals surface area (Å²) in [6.07, 6.45) is 9.59. The first kappa shape index (κ1) is 34.3. The van der Waals surface area contributed by atoms with Crippen molar-refractivity contribution in [1.29, 1.82) is 0 Å². The molecule has 0 bridgehead atoms. The Morgan fingerprint density at radius 2 is 1.43 bits per heavy atom. The normalized spacial score (nSPS) is 14.0. The molecule has 6 nitrogen and oxygen atoms in total. The number of methoxy groups -OCH3 is 1. The van der Waals surface area contributed by atoms with Crippen LogP contribution in [0.3, 0.4) is 0 Å². The number of carbonyl (C=O) groups excluding carboxylic acids is 1. The molecule has 0 N–H and O–H groups in total. The second kappa shape index (κ2) is 17.8. The van der Waals surface area contributed by atoms with Gasteiger partial charge in [-0.3, -0.25) is 0 Å². The minimum absolute atomic E-state index is 0.0411. The summed E-state index contributed by atoms with van der Waals surface area (Å²) in [5.41, 5.74) is 1.91. The minimum atomic E-state index is -2.54. The van der Waals surface area contributed by atoms with Gasteiger partial charge in [-0.05, 0) is 12.1 Å². The molecule has 0 aliphatic carbocycles. The van der Waals surface area contributed by atoms with E-state index in [1.165, 1.54) is 51.8 Å². The van der Waals surface area contributed by atoms with Crippen LogP contribution in [0.5, 0.6) is 5.75 Å². The molecule has 0 atom stereocenters. The van der Waals surface area contributed by atoms with Gasteiger partial charge in [0, 0.05) is 0 Å². The van der Waals surface area contributed by atoms with Gasteiger partial charge in [-0.1, -0.05) is 12.1 Å². The summed E-state index contributed by atoms with van der Waals surface area (Å²) in [7, 11) is 1.73. The molecule has 0 saturated carbocycles. The second-order valence-corrected chi connectivity index (χ2v) is 25.6. The van der Waals surface area contributed by atoms with E-state index < -0.39 is 18.4 Å². The summed E-state index contributed by atoms with van der Waals surface area (Å²) in [5, 5.41) is 0. The standard InChI is InChI=1S/C25H27N4O2.3C4H9.Sn/c1-31-23-12-6-5-11-22(23)28-18-15-27(16-19-28)17-20-29(24-13-7-8-14-26-24)25(30)21-9-3-2-4-10-21;3*1-3-4-2;/h3-14H,15-20H2,1H3;3*1,3-4H2,2H3;. The van der Waals surface area contributed by atoms with Gasteiger partial charge in [-0.2, -0.15) is 0 Å². The molecular formula is C37H54N4O2Sn. The number of pyridine rings is 1. The molecule has 1 saturated heterocycles. The predicted octanol–water partition coefficient (Wildman–Crippen LogP) is 7.62. The second-order valence-electron chi connectivity index (χ2n) is 12.3. The number of piperazine rings is 1. The van der Waals surface area contributed by atoms with E-state index in [-0.39, 0.29) is 5.91 Å². The first-order valence-corrected chi connectivity index (χ1v) is 24.5. The van der Waals surface area contributed by atoms with Crippen LogP contribution in [0.4, 0.5) is 11.5 Å². The number of carbonyl (C=O) groups is 1. The van der Waals surface area contributed by atoms with Crippen molar-refractivity contribution < 1.29 is 9.53 Å². The molecule has 1 aromatic heterocycles. The average molecular weight is 706 g/mol. The van der Waals surface area contributed by atoms with Crippen LogP contribution in [-0.4, -0.2) is 80.5 Å². The number of hydrogen-bond donors (Lipinski definition) is 0. The van der Waals surface area contributed by atoms with Gasteiger partial charge in [-0.15, -0.1) is 0 Å². The summed E-state index contributed by atoms with van der Waals surface area (Å²) in [6, 6.07) is 23.0. The van der Waals surface area contributed by atoms with Gasteiger partial charge in [0.05, 0.1) is 12.8 Å². The Balaban J connectivity index is 1.47. The van der Waals surface area contributed by atoms with Crippen LogP contribution in [0.25, 0.3) is 0 Å². The molecule has 3 aromatic rings. The van der Waals surface area contributed by atoms with Crippen molar-refractivity contribution in [2.24, 2.45) is 0 Å². The van der Waals surface area contributed by atoms with E-state index in [1.54, 1.807) is 16.9 Å². The zero-order valence-electron chi connectivity index (χ0n) is 27.6. The third kappa shape index (κ3) is 9.00. The summed E-state index contributed by atoms with van der Waals surface area (Å²) < 4.78 is 11.5. The Labute approximate surface area is 270 Å². The summed E-state index contributed by atoms with van der Waals surface area (Å²) in [5.74, 6) is 1.68. The van der Waals surface area contributed by atoms with E-state index in [2.05, 4.69) is 72.0 Å². The molecule has 1 amide bonds. The van der Waals surface area contributed by atoms with Crippen molar-refractivity contribution in [2.45, 2.75) is 72.6 Å². The Kier molecular flexibility index (Phi) is 13.9. The molecule has 1 fully saturated rings. The predicted molar refractivity (Wildman–Crippen MR) is 189 cm³/mol. The number of nitrogens with zero attached hydrogens (tertiary/aromatic N) is 4. The van der Waals surface area contributed by atoms with Crippen LogP contribution in [0.2, 0.25) is 13.3 Å². The summed E-state index contributed by atoms with van der Waals surface area (Å²) in [4.78, 5) is 25.4. The monoisotopic (exact) mass is 706 g/mol. The molecule has 2 aromatic carbocycles. The molecule has 0 unspecified atom stereocenters. The number of unbranched alkanes of at least 4 members (excludes halogenated alkanes) is 3. The SMILES string of the molecule is CCC[CH2][Sn]([CH2]CCC)([CH2]CCC)[c]1ccc(C(=O)N(CCN2CCN(c3ccccc3OC)CC2)c2ccccn2)cc1. The van der Waals surface area contributed by atoms with Gasteiger partial charge >= 0.3 is 224 Å². The Bertz CT molecular complexity index is 1240. The van der Waals surface area contributed by atoms with Crippen LogP contribution in [0, 0.1) is 0 Å². The van der Waals surface area contributed by atoms with E-state index in [1.807, 2.05) is 35.2 Å². The number of amides is 1. The third-order valence-corrected chi connectivity index (χ3v) is 25.0. The van der Waals surface area contributed by atoms with E-state index in [9.17, 15) is 4.79 Å². The number of anilines is 2. The van der Waals surface area contributed by atoms with Crippen molar-refractivity contribution in [3.8, 4) is 5.75 Å². The molecule has 1 aliphatic heterocycles. The van der Waals surface area contributed by atoms with Crippen LogP contribution < -0.4 is 18.1 Å². The van der Waals surface area contributed by atoms with Gasteiger partial charge in [-0.25, -0.2) is 0 Å². The van der Waals surface area contributed by atoms with Crippen molar-refractivity contribution in [2.75, 3.05) is 56.2 Å². The fraction of sp³-hybridized carbons (Fsp3) is 0.514. The van der Waals surface area contributed by atoms with Crippen LogP contribution in [0.1, 0.15) is 69.7 Å². The van der Waals surface area contributed by atoms with E-state index in [0.29, 0.717) is 6.54 Å². The molecule has 7 heteroatoms. The molecule has 4 rings (SSSR count). The number of rotatable bonds is 17. The molecule has 0 radical (unpaired) electrons. The van der Waals surface area contributed by atoms with Gasteiger partial charge < -0.3 is 4.74 Å². The molecule has 2 heterocycles. The van der Waals surface area contributed by atoms with E-state index >= 15 is 0 Å². The van der Waals surface area contributed by atoms with Gasteiger partial charge in [0.25, 0.3) is 0 Å². The number of hydrogen-bond acceptors (Lipinski definition) is 5. The van der Waals surface area contributed by atoms with Crippen molar-refractivity contribution in [3.63, 3.8) is 0 Å². The van der Waals surface area contributed by atoms with Crippen LogP contribution >= 0.6 is 0 Å². The van der Waals surface area contributed by atoms with Crippen molar-refractivity contribution >= 4 is 39.4 Å². The van der Waals surface area contributed by atoms with E-state index in [4.69, 9.17) is 4.74 Å². The molecule has 238 valence electrons. The molecule has 44 heavy (non-hydrogen) atoms. The first-order chi connectivity index (χ1) is 21.5. The number of para-hydroxylation sites is 2. The Hall–Kier alpha value is -2.58. The zero-order valence-corrected chi connectivity index (χ0v) is 30.5. The summed E-state index contributed by atoms with van der Waals surface area (Å²) >= 11 is -2.54. The van der Waals surface area contributed by atoms with E-state index in [0.717, 1.165) is 55.5 Å². The van der Waals surface area contributed by atoms with Crippen LogP contribution in [0.15, 0.2) is 72.9 Å². The fourth-order valence-corrected chi connectivity index (χ4v) is 22.6. The maximum absolute atomic E-state index is 14.1. The fourth-order valence-electron chi connectivity index (χ4n) is 6.65. The Morgan fingerprint density at radius 1 is 0.818 bits per heavy atom. The number of aromatic nitrogens is 1. The first-order valence-electron chi connectivity index (χ1n) is 17.0. The van der Waals surface area contributed by atoms with Crippen LogP contribution in [-0.2, 0) is 0 Å². The van der Waals surface area contributed by atoms with Gasteiger partial charge in [0.15, 0.2) is 0 Å².